The number of carbonyl (C=O) groups excluding carboxylic acids is 2. The summed E-state index contributed by atoms with van der Waals surface area (Å²) in [6.07, 6.45) is 8.70. The summed E-state index contributed by atoms with van der Waals surface area (Å²) in [4.78, 5) is 41.8. The van der Waals surface area contributed by atoms with E-state index in [4.69, 9.17) is 15.5 Å². The highest BCUT2D eigenvalue weighted by atomic mass is 16.5. The summed E-state index contributed by atoms with van der Waals surface area (Å²) < 4.78 is 5.64. The average Bonchev–Trinajstić information content (AvgIpc) is 3.50. The van der Waals surface area contributed by atoms with Gasteiger partial charge in [0.15, 0.2) is 5.82 Å². The van der Waals surface area contributed by atoms with Crippen molar-refractivity contribution in [3.8, 4) is 5.75 Å². The Morgan fingerprint density at radius 1 is 1.18 bits per heavy atom. The zero-order valence-electron chi connectivity index (χ0n) is 23.9. The molecular weight excluding hydrogens is 508 g/mol. The van der Waals surface area contributed by atoms with Crippen LogP contribution in [0, 0.1) is 0 Å². The second-order valence-electron chi connectivity index (χ2n) is 11.0. The molecule has 11 heteroatoms. The molecule has 2 aromatic rings. The number of likely N-dealkylation sites (N-methyl/N-ethyl adjacent to an activating group) is 1. The Hall–Kier alpha value is -3.44. The topological polar surface area (TPSA) is 129 Å². The van der Waals surface area contributed by atoms with Crippen LogP contribution in [0.4, 0.5) is 23.1 Å². The molecule has 1 aliphatic carbocycles. The first-order valence-corrected chi connectivity index (χ1v) is 14.5. The Labute approximate surface area is 236 Å². The van der Waals surface area contributed by atoms with E-state index < -0.39 is 0 Å². The van der Waals surface area contributed by atoms with Crippen LogP contribution in [-0.2, 0) is 4.79 Å². The number of carbonyl (C=O) groups is 2. The minimum Gasteiger partial charge on any atom is -0.495 e. The van der Waals surface area contributed by atoms with Gasteiger partial charge >= 0.3 is 0 Å². The summed E-state index contributed by atoms with van der Waals surface area (Å²) in [5, 5.41) is 6.45. The van der Waals surface area contributed by atoms with E-state index in [1.165, 1.54) is 0 Å². The van der Waals surface area contributed by atoms with Gasteiger partial charge in [-0.1, -0.05) is 19.8 Å². The molecule has 2 aliphatic heterocycles. The molecular formula is C29H42N8O3. The number of amides is 2. The number of nitrogens with one attached hydrogen (secondary N) is 2. The fourth-order valence-corrected chi connectivity index (χ4v) is 6.25. The smallest absolute Gasteiger partial charge is 0.251 e. The van der Waals surface area contributed by atoms with Crippen LogP contribution in [-0.4, -0.2) is 85.1 Å². The van der Waals surface area contributed by atoms with Crippen LogP contribution >= 0.6 is 0 Å². The second kappa shape index (κ2) is 12.4. The van der Waals surface area contributed by atoms with E-state index in [0.717, 1.165) is 76.1 Å². The van der Waals surface area contributed by atoms with Crippen LogP contribution in [0.5, 0.6) is 5.75 Å². The molecule has 1 saturated carbocycles. The molecule has 0 spiro atoms. The number of benzene rings is 1. The third-order valence-electron chi connectivity index (χ3n) is 8.49. The zero-order valence-corrected chi connectivity index (χ0v) is 23.9. The van der Waals surface area contributed by atoms with Gasteiger partial charge in [-0.15, -0.1) is 0 Å². The van der Waals surface area contributed by atoms with Gasteiger partial charge in [0.1, 0.15) is 17.5 Å². The van der Waals surface area contributed by atoms with Crippen molar-refractivity contribution in [2.75, 3.05) is 55.5 Å². The van der Waals surface area contributed by atoms with Gasteiger partial charge in [-0.05, 0) is 50.3 Å². The fraction of sp³-hybridized carbons (Fsp3) is 0.586. The van der Waals surface area contributed by atoms with E-state index in [-0.39, 0.29) is 23.9 Å². The number of methoxy groups -OCH3 is 1. The number of nitrogens with zero attached hydrogens (tertiary/aromatic N) is 5. The van der Waals surface area contributed by atoms with Gasteiger partial charge < -0.3 is 35.8 Å². The SMILES string of the molecule is CC[C@@H]1C(=O)N(C)c2cnc(Nc3ccc(C(=O)NC4CCN(CCN)CC4)cc3OC)nc2N1C1CCCC1. The van der Waals surface area contributed by atoms with E-state index in [9.17, 15) is 9.59 Å². The number of likely N-dealkylation sites (tertiary alicyclic amines) is 1. The molecule has 1 aromatic heterocycles. The molecule has 2 amide bonds. The second-order valence-corrected chi connectivity index (χ2v) is 11.0. The highest BCUT2D eigenvalue weighted by Gasteiger charge is 2.41. The predicted molar refractivity (Wildman–Crippen MR) is 157 cm³/mol. The number of anilines is 4. The molecule has 40 heavy (non-hydrogen) atoms. The van der Waals surface area contributed by atoms with E-state index in [2.05, 4.69) is 32.3 Å². The van der Waals surface area contributed by atoms with Crippen LogP contribution < -0.4 is 30.9 Å². The van der Waals surface area contributed by atoms with Gasteiger partial charge in [0.25, 0.3) is 5.91 Å². The summed E-state index contributed by atoms with van der Waals surface area (Å²) in [6, 6.07) is 5.55. The number of aromatic nitrogens is 2. The molecule has 216 valence electrons. The first-order valence-electron chi connectivity index (χ1n) is 14.5. The van der Waals surface area contributed by atoms with Gasteiger partial charge in [0, 0.05) is 50.9 Å². The van der Waals surface area contributed by atoms with Crippen molar-refractivity contribution in [1.82, 2.24) is 20.2 Å². The Kier molecular flexibility index (Phi) is 8.70. The van der Waals surface area contributed by atoms with Gasteiger partial charge in [0.2, 0.25) is 11.9 Å². The van der Waals surface area contributed by atoms with Crippen LogP contribution in [0.15, 0.2) is 24.4 Å². The summed E-state index contributed by atoms with van der Waals surface area (Å²) >= 11 is 0. The lowest BCUT2D eigenvalue weighted by Crippen LogP contribution is -2.55. The van der Waals surface area contributed by atoms with Gasteiger partial charge in [0.05, 0.1) is 19.0 Å². The van der Waals surface area contributed by atoms with Crippen LogP contribution in [0.1, 0.15) is 62.2 Å². The summed E-state index contributed by atoms with van der Waals surface area (Å²) in [5.41, 5.74) is 7.59. The van der Waals surface area contributed by atoms with Gasteiger partial charge in [-0.3, -0.25) is 9.59 Å². The maximum atomic E-state index is 13.2. The van der Waals surface area contributed by atoms with Crippen molar-refractivity contribution in [2.24, 2.45) is 5.73 Å². The molecule has 11 nitrogen and oxygen atoms in total. The largest absolute Gasteiger partial charge is 0.495 e. The highest BCUT2D eigenvalue weighted by molar-refractivity contribution is 6.04. The lowest BCUT2D eigenvalue weighted by atomic mass is 10.0. The quantitative estimate of drug-likeness (QED) is 0.432. The Morgan fingerprint density at radius 3 is 2.60 bits per heavy atom. The third-order valence-corrected chi connectivity index (χ3v) is 8.49. The zero-order chi connectivity index (χ0) is 28.2. The molecule has 3 aliphatic rings. The van der Waals surface area contributed by atoms with Crippen molar-refractivity contribution in [3.05, 3.63) is 30.0 Å². The lowest BCUT2D eigenvalue weighted by Gasteiger charge is -2.43. The predicted octanol–water partition coefficient (Wildman–Crippen LogP) is 2.89. The molecule has 1 saturated heterocycles. The summed E-state index contributed by atoms with van der Waals surface area (Å²) in [7, 11) is 3.37. The Balaban J connectivity index is 1.33. The maximum Gasteiger partial charge on any atom is 0.251 e. The molecule has 4 N–H and O–H groups in total. The number of fused-ring (bicyclic) bond motifs is 1. The van der Waals surface area contributed by atoms with Gasteiger partial charge in [-0.2, -0.15) is 4.98 Å². The van der Waals surface area contributed by atoms with Crippen molar-refractivity contribution in [1.29, 1.82) is 0 Å². The minimum absolute atomic E-state index is 0.0860. The minimum atomic E-state index is -0.233. The monoisotopic (exact) mass is 550 g/mol. The Bertz CT molecular complexity index is 1210. The fourth-order valence-electron chi connectivity index (χ4n) is 6.25. The van der Waals surface area contributed by atoms with Crippen molar-refractivity contribution >= 4 is 35.0 Å². The van der Waals surface area contributed by atoms with Crippen LogP contribution in [0.25, 0.3) is 0 Å². The normalized spacial score (nSPS) is 20.5. The van der Waals surface area contributed by atoms with E-state index in [0.29, 0.717) is 35.5 Å². The molecule has 3 heterocycles. The number of hydrogen-bond donors (Lipinski definition) is 3. The number of rotatable bonds is 9. The summed E-state index contributed by atoms with van der Waals surface area (Å²) in [6.45, 7) is 5.48. The highest BCUT2D eigenvalue weighted by Crippen LogP contribution is 2.40. The molecule has 0 radical (unpaired) electrons. The standard InChI is InChI=1S/C29H42N8O3/c1-4-23-28(39)35(2)24-18-31-29(34-26(24)37(23)21-7-5-6-8-21)33-22-10-9-19(17-25(22)40-3)27(38)32-20-11-14-36(15-12-20)16-13-30/h9-10,17-18,20-21,23H,4-8,11-16,30H2,1-3H3,(H,32,38)(H,31,33,34)/t23-/m1/s1. The number of piperidine rings is 1. The average molecular weight is 551 g/mol. The summed E-state index contributed by atoms with van der Waals surface area (Å²) in [5.74, 6) is 1.70. The molecule has 1 atom stereocenters. The van der Waals surface area contributed by atoms with Crippen LogP contribution in [0.3, 0.4) is 0 Å². The van der Waals surface area contributed by atoms with Crippen molar-refractivity contribution < 1.29 is 14.3 Å². The van der Waals surface area contributed by atoms with E-state index in [1.54, 1.807) is 37.4 Å². The van der Waals surface area contributed by atoms with Crippen molar-refractivity contribution in [2.45, 2.75) is 70.0 Å². The van der Waals surface area contributed by atoms with Crippen molar-refractivity contribution in [3.63, 3.8) is 0 Å². The van der Waals surface area contributed by atoms with E-state index in [1.807, 2.05) is 6.07 Å². The first-order chi connectivity index (χ1) is 19.4. The molecule has 2 fully saturated rings. The lowest BCUT2D eigenvalue weighted by molar-refractivity contribution is -0.120. The van der Waals surface area contributed by atoms with E-state index >= 15 is 0 Å². The number of hydrogen-bond acceptors (Lipinski definition) is 9. The number of ether oxygens (including phenoxy) is 1. The molecule has 1 aromatic carbocycles. The molecule has 5 rings (SSSR count). The maximum absolute atomic E-state index is 13.2. The molecule has 0 unspecified atom stereocenters. The third kappa shape index (κ3) is 5.71. The molecule has 0 bridgehead atoms. The van der Waals surface area contributed by atoms with Gasteiger partial charge in [-0.25, -0.2) is 4.98 Å². The first kappa shape index (κ1) is 28.1. The number of nitrogens with two attached hydrogens (primary N) is 1. The van der Waals surface area contributed by atoms with Crippen LogP contribution in [0.2, 0.25) is 0 Å². The Morgan fingerprint density at radius 2 is 1.93 bits per heavy atom.